The van der Waals surface area contributed by atoms with Crippen LogP contribution in [-0.4, -0.2) is 60.4 Å². The van der Waals surface area contributed by atoms with E-state index >= 15 is 0 Å². The van der Waals surface area contributed by atoms with Crippen molar-refractivity contribution in [3.63, 3.8) is 0 Å². The zero-order valence-electron chi connectivity index (χ0n) is 14.8. The number of nitrogens with zero attached hydrogens (tertiary/aromatic N) is 4. The van der Waals surface area contributed by atoms with E-state index in [0.717, 1.165) is 36.1 Å². The molecule has 0 aromatic carbocycles. The number of anilines is 1. The molecular formula is C16H25ClN6O2S. The van der Waals surface area contributed by atoms with Gasteiger partial charge in [-0.3, -0.25) is 0 Å². The molecule has 0 bridgehead atoms. The molecule has 1 unspecified atom stereocenters. The number of halogens is 1. The number of aliphatic hydroxyl groups excluding tert-OH is 1. The predicted octanol–water partition coefficient (Wildman–Crippen LogP) is 2.18. The minimum atomic E-state index is -2.83. The highest BCUT2D eigenvalue weighted by molar-refractivity contribution is 7.90. The van der Waals surface area contributed by atoms with E-state index in [4.69, 9.17) is 21.5 Å². The third-order valence-corrected chi connectivity index (χ3v) is 7.03. The summed E-state index contributed by atoms with van der Waals surface area (Å²) in [5.41, 5.74) is 1.70. The smallest absolute Gasteiger partial charge is 0.162 e. The number of pyridine rings is 1. The highest BCUT2D eigenvalue weighted by atomic mass is 35.5. The number of aryl methyl sites for hydroxylation is 1. The normalized spacial score (nSPS) is 18.9. The van der Waals surface area contributed by atoms with E-state index < -0.39 is 9.92 Å². The van der Waals surface area contributed by atoms with Gasteiger partial charge in [0.15, 0.2) is 10.8 Å². The van der Waals surface area contributed by atoms with Crippen LogP contribution < -0.4 is 5.32 Å². The monoisotopic (exact) mass is 400 g/mol. The zero-order valence-corrected chi connectivity index (χ0v) is 16.4. The topological polar surface area (TPSA) is 107 Å². The number of fused-ring (bicyclic) bond motifs is 1. The number of nitrogens with one attached hydrogen (secondary N) is 2. The van der Waals surface area contributed by atoms with Gasteiger partial charge in [-0.05, 0) is 31.7 Å². The fourth-order valence-electron chi connectivity index (χ4n) is 3.34. The van der Waals surface area contributed by atoms with Crippen molar-refractivity contribution in [3.8, 4) is 0 Å². The van der Waals surface area contributed by atoms with Crippen molar-refractivity contribution in [1.82, 2.24) is 19.1 Å². The Morgan fingerprint density at radius 3 is 2.85 bits per heavy atom. The Kier molecular flexibility index (Phi) is 6.01. The van der Waals surface area contributed by atoms with Crippen LogP contribution >= 0.6 is 11.6 Å². The maximum atomic E-state index is 12.2. The van der Waals surface area contributed by atoms with E-state index in [2.05, 4.69) is 15.4 Å². The first-order valence-corrected chi connectivity index (χ1v) is 10.9. The summed E-state index contributed by atoms with van der Waals surface area (Å²) in [6.45, 7) is 4.51. The van der Waals surface area contributed by atoms with Gasteiger partial charge in [-0.2, -0.15) is 5.10 Å². The van der Waals surface area contributed by atoms with Crippen molar-refractivity contribution in [1.29, 1.82) is 4.78 Å². The Labute approximate surface area is 158 Å². The fraction of sp³-hybridized carbons (Fsp3) is 0.625. The molecule has 2 aromatic heterocycles. The molecule has 1 aliphatic rings. The van der Waals surface area contributed by atoms with Gasteiger partial charge in [0.1, 0.15) is 9.92 Å². The van der Waals surface area contributed by atoms with Crippen LogP contribution in [0.2, 0.25) is 5.15 Å². The van der Waals surface area contributed by atoms with Crippen LogP contribution in [0, 0.1) is 10.7 Å². The lowest BCUT2D eigenvalue weighted by Gasteiger charge is -2.32. The van der Waals surface area contributed by atoms with Gasteiger partial charge in [0.25, 0.3) is 0 Å². The van der Waals surface area contributed by atoms with Crippen molar-refractivity contribution in [3.05, 3.63) is 17.4 Å². The van der Waals surface area contributed by atoms with Gasteiger partial charge < -0.3 is 10.4 Å². The second-order valence-electron chi connectivity index (χ2n) is 6.49. The molecule has 3 N–H and O–H groups in total. The van der Waals surface area contributed by atoms with Gasteiger partial charge in [0.05, 0.1) is 17.7 Å². The lowest BCUT2D eigenvalue weighted by Crippen LogP contribution is -2.40. The Morgan fingerprint density at radius 2 is 2.19 bits per heavy atom. The first kappa shape index (κ1) is 19.3. The summed E-state index contributed by atoms with van der Waals surface area (Å²) >= 11 is 6.29. The van der Waals surface area contributed by atoms with Crippen LogP contribution in [0.1, 0.15) is 19.8 Å². The van der Waals surface area contributed by atoms with E-state index in [-0.39, 0.29) is 12.4 Å². The van der Waals surface area contributed by atoms with Gasteiger partial charge in [-0.25, -0.2) is 23.0 Å². The SMILES string of the molecule is CCn1nc(Cl)c2c(NCC3CCN(S(=N)(=O)CCO)CC3)ccnc21. The van der Waals surface area contributed by atoms with Crippen LogP contribution in [0.15, 0.2) is 12.3 Å². The molecule has 3 heterocycles. The van der Waals surface area contributed by atoms with E-state index in [0.29, 0.717) is 30.7 Å². The molecule has 1 aliphatic heterocycles. The molecule has 10 heteroatoms. The Bertz CT molecular complexity index is 861. The first-order valence-electron chi connectivity index (χ1n) is 8.83. The molecule has 3 rings (SSSR count). The molecule has 0 amide bonds. The Morgan fingerprint density at radius 1 is 1.46 bits per heavy atom. The van der Waals surface area contributed by atoms with E-state index in [1.54, 1.807) is 15.2 Å². The highest BCUT2D eigenvalue weighted by Crippen LogP contribution is 2.29. The Balaban J connectivity index is 1.63. The van der Waals surface area contributed by atoms with Crippen LogP contribution in [0.4, 0.5) is 5.69 Å². The molecule has 2 aromatic rings. The average Bonchev–Trinajstić information content (AvgIpc) is 2.97. The second-order valence-corrected chi connectivity index (χ2v) is 9.05. The molecule has 26 heavy (non-hydrogen) atoms. The van der Waals surface area contributed by atoms with Gasteiger partial charge >= 0.3 is 0 Å². The molecule has 144 valence electrons. The van der Waals surface area contributed by atoms with Crippen LogP contribution in [-0.2, 0) is 16.5 Å². The van der Waals surface area contributed by atoms with Crippen molar-refractivity contribution < 1.29 is 9.32 Å². The summed E-state index contributed by atoms with van der Waals surface area (Å²) in [5.74, 6) is 0.448. The van der Waals surface area contributed by atoms with Gasteiger partial charge in [0, 0.05) is 38.1 Å². The molecule has 0 aliphatic carbocycles. The molecule has 0 spiro atoms. The number of rotatable bonds is 7. The molecule has 1 fully saturated rings. The summed E-state index contributed by atoms with van der Waals surface area (Å²) in [6.07, 6.45) is 3.48. The third kappa shape index (κ3) is 3.95. The first-order chi connectivity index (χ1) is 12.5. The van der Waals surface area contributed by atoms with E-state index in [9.17, 15) is 4.21 Å². The van der Waals surface area contributed by atoms with Gasteiger partial charge in [-0.15, -0.1) is 0 Å². The van der Waals surface area contributed by atoms with Crippen LogP contribution in [0.3, 0.4) is 0 Å². The lowest BCUT2D eigenvalue weighted by molar-refractivity contribution is 0.283. The Hall–Kier alpha value is -1.42. The summed E-state index contributed by atoms with van der Waals surface area (Å²) < 4.78 is 23.6. The van der Waals surface area contributed by atoms with E-state index in [1.165, 1.54) is 0 Å². The summed E-state index contributed by atoms with van der Waals surface area (Å²) in [7, 11) is -2.83. The van der Waals surface area contributed by atoms with Crippen LogP contribution in [0.25, 0.3) is 11.0 Å². The summed E-state index contributed by atoms with van der Waals surface area (Å²) in [6, 6.07) is 1.91. The summed E-state index contributed by atoms with van der Waals surface area (Å²) in [4.78, 5) is 4.38. The zero-order chi connectivity index (χ0) is 18.7. The van der Waals surface area contributed by atoms with Crippen molar-refractivity contribution in [2.75, 3.05) is 37.3 Å². The quantitative estimate of drug-likeness (QED) is 0.660. The molecule has 0 saturated carbocycles. The van der Waals surface area contributed by atoms with Gasteiger partial charge in [-0.1, -0.05) is 11.6 Å². The number of hydrogen-bond donors (Lipinski definition) is 3. The van der Waals surface area contributed by atoms with E-state index in [1.807, 2.05) is 13.0 Å². The number of hydrogen-bond acceptors (Lipinski definition) is 6. The maximum Gasteiger partial charge on any atom is 0.162 e. The van der Waals surface area contributed by atoms with Crippen molar-refractivity contribution in [2.45, 2.75) is 26.3 Å². The average molecular weight is 401 g/mol. The summed E-state index contributed by atoms with van der Waals surface area (Å²) in [5, 5.41) is 18.0. The second kappa shape index (κ2) is 8.08. The predicted molar refractivity (Wildman–Crippen MR) is 104 cm³/mol. The molecule has 1 atom stereocenters. The molecule has 1 saturated heterocycles. The number of aliphatic hydroxyl groups is 1. The fourth-order valence-corrected chi connectivity index (χ4v) is 4.92. The van der Waals surface area contributed by atoms with Crippen molar-refractivity contribution >= 4 is 38.2 Å². The molecule has 0 radical (unpaired) electrons. The van der Waals surface area contributed by atoms with Gasteiger partial charge in [0.2, 0.25) is 0 Å². The molecule has 8 nitrogen and oxygen atoms in total. The minimum Gasteiger partial charge on any atom is -0.395 e. The number of aromatic nitrogens is 3. The maximum absolute atomic E-state index is 12.2. The minimum absolute atomic E-state index is 0.0187. The standard InChI is InChI=1S/C16H25ClN6O2S/c1-2-23-16-14(15(17)21-23)13(3-6-19-16)20-11-12-4-7-22(8-5-12)26(18,25)10-9-24/h3,6,12,18,24H,2,4-5,7-11H2,1H3,(H,19,20). The lowest BCUT2D eigenvalue weighted by atomic mass is 9.98. The van der Waals surface area contributed by atoms with Crippen molar-refractivity contribution in [2.24, 2.45) is 5.92 Å². The molecular weight excluding hydrogens is 376 g/mol. The van der Waals surface area contributed by atoms with Crippen LogP contribution in [0.5, 0.6) is 0 Å². The third-order valence-electron chi connectivity index (χ3n) is 4.83. The highest BCUT2D eigenvalue weighted by Gasteiger charge is 2.25. The largest absolute Gasteiger partial charge is 0.395 e. The number of piperidine rings is 1.